The summed E-state index contributed by atoms with van der Waals surface area (Å²) < 4.78 is 13.1. The third-order valence-corrected chi connectivity index (χ3v) is 2.63. The highest BCUT2D eigenvalue weighted by atomic mass is 16.7. The minimum atomic E-state index is -0.103. The summed E-state index contributed by atoms with van der Waals surface area (Å²) in [6.07, 6.45) is 0.743. The Balaban J connectivity index is 2.35. The first kappa shape index (κ1) is 14.1. The molecule has 4 heteroatoms. The molecule has 0 aliphatic carbocycles. The summed E-state index contributed by atoms with van der Waals surface area (Å²) in [6.45, 7) is 10.4. The highest BCUT2D eigenvalue weighted by Gasteiger charge is 2.07. The average Bonchev–Trinajstić information content (AvgIpc) is 2.61. The molecule has 0 saturated carbocycles. The monoisotopic (exact) mass is 240 g/mol. The molecule has 17 heavy (non-hydrogen) atoms. The van der Waals surface area contributed by atoms with Crippen molar-refractivity contribution >= 4 is 0 Å². The van der Waals surface area contributed by atoms with Gasteiger partial charge in [-0.15, -0.1) is 0 Å². The highest BCUT2D eigenvalue weighted by Crippen LogP contribution is 2.05. The molecule has 1 heterocycles. The maximum Gasteiger partial charge on any atom is 0.159 e. The fourth-order valence-electron chi connectivity index (χ4n) is 1.80. The lowest BCUT2D eigenvalue weighted by Gasteiger charge is -2.18. The molecule has 1 N–H and O–H groups in total. The van der Waals surface area contributed by atoms with E-state index in [1.165, 1.54) is 11.4 Å². The zero-order valence-electron chi connectivity index (χ0n) is 11.3. The Kier molecular flexibility index (Phi) is 6.08. The number of hydrogen-bond donors (Lipinski definition) is 1. The molecule has 0 spiro atoms. The minimum Gasteiger partial charge on any atom is -0.353 e. The Morgan fingerprint density at radius 2 is 1.65 bits per heavy atom. The van der Waals surface area contributed by atoms with E-state index in [2.05, 4.69) is 36.1 Å². The van der Waals surface area contributed by atoms with Crippen LogP contribution < -0.4 is 5.43 Å². The number of aromatic nitrogens is 1. The summed E-state index contributed by atoms with van der Waals surface area (Å²) in [5.74, 6) is 0. The van der Waals surface area contributed by atoms with Gasteiger partial charge in [0.25, 0.3) is 0 Å². The molecule has 0 radical (unpaired) electrons. The normalized spacial score (nSPS) is 11.1. The van der Waals surface area contributed by atoms with Gasteiger partial charge in [-0.05, 0) is 39.8 Å². The van der Waals surface area contributed by atoms with Crippen LogP contribution in [0, 0.1) is 13.8 Å². The van der Waals surface area contributed by atoms with Gasteiger partial charge in [-0.2, -0.15) is 0 Å². The molecule has 1 rings (SSSR count). The van der Waals surface area contributed by atoms with Crippen LogP contribution in [0.3, 0.4) is 0 Å². The number of ether oxygens (including phenoxy) is 2. The fourth-order valence-corrected chi connectivity index (χ4v) is 1.80. The maximum absolute atomic E-state index is 5.49. The van der Waals surface area contributed by atoms with Crippen molar-refractivity contribution in [2.24, 2.45) is 0 Å². The predicted molar refractivity (Wildman–Crippen MR) is 69.8 cm³/mol. The van der Waals surface area contributed by atoms with Crippen molar-refractivity contribution in [1.29, 1.82) is 0 Å². The third kappa shape index (κ3) is 4.40. The van der Waals surface area contributed by atoms with Crippen molar-refractivity contribution in [2.75, 3.05) is 25.2 Å². The van der Waals surface area contributed by atoms with E-state index in [-0.39, 0.29) is 6.29 Å². The quantitative estimate of drug-likeness (QED) is 0.709. The first-order chi connectivity index (χ1) is 8.19. The van der Waals surface area contributed by atoms with Crippen LogP contribution in [0.15, 0.2) is 12.1 Å². The number of aryl methyl sites for hydroxylation is 2. The Morgan fingerprint density at radius 3 is 2.12 bits per heavy atom. The van der Waals surface area contributed by atoms with Gasteiger partial charge < -0.3 is 14.9 Å². The smallest absolute Gasteiger partial charge is 0.159 e. The first-order valence-electron chi connectivity index (χ1n) is 6.31. The Bertz CT molecular complexity index is 298. The molecule has 0 saturated heterocycles. The zero-order valence-corrected chi connectivity index (χ0v) is 11.3. The summed E-state index contributed by atoms with van der Waals surface area (Å²) in [5.41, 5.74) is 5.79. The topological polar surface area (TPSA) is 35.4 Å². The molecule has 4 nitrogen and oxygen atoms in total. The molecule has 0 aliphatic heterocycles. The predicted octanol–water partition coefficient (Wildman–Crippen LogP) is 2.44. The molecule has 0 bridgehead atoms. The lowest BCUT2D eigenvalue weighted by Crippen LogP contribution is -2.25. The Morgan fingerprint density at radius 1 is 1.12 bits per heavy atom. The van der Waals surface area contributed by atoms with E-state index in [9.17, 15) is 0 Å². The van der Waals surface area contributed by atoms with Crippen molar-refractivity contribution in [3.05, 3.63) is 23.5 Å². The summed E-state index contributed by atoms with van der Waals surface area (Å²) in [5, 5.41) is 0. The van der Waals surface area contributed by atoms with E-state index in [0.29, 0.717) is 13.2 Å². The minimum absolute atomic E-state index is 0.103. The third-order valence-electron chi connectivity index (χ3n) is 2.63. The average molecular weight is 240 g/mol. The molecule has 1 aromatic rings. The Hall–Kier alpha value is -1.00. The van der Waals surface area contributed by atoms with E-state index in [1.54, 1.807) is 0 Å². The van der Waals surface area contributed by atoms with Crippen LogP contribution in [-0.2, 0) is 9.47 Å². The largest absolute Gasteiger partial charge is 0.353 e. The van der Waals surface area contributed by atoms with Crippen molar-refractivity contribution in [3.63, 3.8) is 0 Å². The van der Waals surface area contributed by atoms with Crippen LogP contribution in [0.5, 0.6) is 0 Å². The van der Waals surface area contributed by atoms with Crippen LogP contribution in [0.4, 0.5) is 0 Å². The molecule has 0 atom stereocenters. The van der Waals surface area contributed by atoms with E-state index in [0.717, 1.165) is 13.0 Å². The van der Waals surface area contributed by atoms with E-state index in [4.69, 9.17) is 9.47 Å². The van der Waals surface area contributed by atoms with E-state index < -0.39 is 0 Å². The van der Waals surface area contributed by atoms with Crippen LogP contribution >= 0.6 is 0 Å². The van der Waals surface area contributed by atoms with Gasteiger partial charge in [0.1, 0.15) is 0 Å². The number of hydrogen-bond acceptors (Lipinski definition) is 3. The highest BCUT2D eigenvalue weighted by molar-refractivity contribution is 5.15. The van der Waals surface area contributed by atoms with Gasteiger partial charge in [-0.3, -0.25) is 4.68 Å². The zero-order chi connectivity index (χ0) is 12.7. The molecule has 0 fully saturated rings. The van der Waals surface area contributed by atoms with Gasteiger partial charge in [-0.1, -0.05) is 0 Å². The molecular formula is C13H24N2O2. The second kappa shape index (κ2) is 7.35. The first-order valence-corrected chi connectivity index (χ1v) is 6.31. The summed E-state index contributed by atoms with van der Waals surface area (Å²) in [4.78, 5) is 0. The summed E-state index contributed by atoms with van der Waals surface area (Å²) in [7, 11) is 0. The van der Waals surface area contributed by atoms with Gasteiger partial charge >= 0.3 is 0 Å². The molecule has 0 amide bonds. The molecular weight excluding hydrogens is 216 g/mol. The maximum atomic E-state index is 5.49. The van der Waals surface area contributed by atoms with Gasteiger partial charge in [0, 0.05) is 37.6 Å². The molecule has 0 aromatic carbocycles. The van der Waals surface area contributed by atoms with Crippen molar-refractivity contribution < 1.29 is 9.47 Å². The summed E-state index contributed by atoms with van der Waals surface area (Å²) >= 11 is 0. The lowest BCUT2D eigenvalue weighted by molar-refractivity contribution is -0.137. The molecule has 1 aromatic heterocycles. The SMILES string of the molecule is CCOC(CCNn1c(C)ccc1C)OCC. The van der Waals surface area contributed by atoms with Crippen LogP contribution in [0.2, 0.25) is 0 Å². The second-order valence-corrected chi connectivity index (χ2v) is 3.99. The second-order valence-electron chi connectivity index (χ2n) is 3.99. The molecule has 0 unspecified atom stereocenters. The van der Waals surface area contributed by atoms with Crippen molar-refractivity contribution in [3.8, 4) is 0 Å². The molecule has 98 valence electrons. The van der Waals surface area contributed by atoms with Crippen molar-refractivity contribution in [1.82, 2.24) is 4.68 Å². The van der Waals surface area contributed by atoms with Gasteiger partial charge in [0.05, 0.1) is 0 Å². The summed E-state index contributed by atoms with van der Waals surface area (Å²) in [6, 6.07) is 4.20. The van der Waals surface area contributed by atoms with Gasteiger partial charge in [0.15, 0.2) is 6.29 Å². The van der Waals surface area contributed by atoms with Crippen LogP contribution in [-0.4, -0.2) is 30.7 Å². The van der Waals surface area contributed by atoms with Gasteiger partial charge in [-0.25, -0.2) is 0 Å². The number of nitrogens with one attached hydrogen (secondary N) is 1. The van der Waals surface area contributed by atoms with Crippen molar-refractivity contribution in [2.45, 2.75) is 40.4 Å². The van der Waals surface area contributed by atoms with Crippen LogP contribution in [0.25, 0.3) is 0 Å². The number of nitrogens with zero attached hydrogens (tertiary/aromatic N) is 1. The fraction of sp³-hybridized carbons (Fsp3) is 0.692. The van der Waals surface area contributed by atoms with E-state index >= 15 is 0 Å². The number of rotatable bonds is 8. The Labute approximate surface area is 104 Å². The van der Waals surface area contributed by atoms with Gasteiger partial charge in [0.2, 0.25) is 0 Å². The lowest BCUT2D eigenvalue weighted by atomic mass is 10.4. The van der Waals surface area contributed by atoms with Crippen LogP contribution in [0.1, 0.15) is 31.7 Å². The van der Waals surface area contributed by atoms with E-state index in [1.807, 2.05) is 13.8 Å². The standard InChI is InChI=1S/C13H24N2O2/c1-5-16-13(17-6-2)9-10-14-15-11(3)7-8-12(15)4/h7-8,13-14H,5-6,9-10H2,1-4H3. The molecule has 0 aliphatic rings.